The maximum atomic E-state index is 12.5. The van der Waals surface area contributed by atoms with Crippen LogP contribution < -0.4 is 15.4 Å². The predicted octanol–water partition coefficient (Wildman–Crippen LogP) is 5.41. The summed E-state index contributed by atoms with van der Waals surface area (Å²) >= 11 is 0. The van der Waals surface area contributed by atoms with E-state index in [9.17, 15) is 10.1 Å². The fraction of sp³-hybridized carbons (Fsp3) is 0.241. The highest BCUT2D eigenvalue weighted by Crippen LogP contribution is 2.33. The van der Waals surface area contributed by atoms with Crippen molar-refractivity contribution < 1.29 is 9.53 Å². The van der Waals surface area contributed by atoms with Gasteiger partial charge in [0.2, 0.25) is 5.91 Å². The zero-order valence-corrected chi connectivity index (χ0v) is 21.3. The molecule has 0 spiro atoms. The number of ether oxygens (including phenoxy) is 1. The molecule has 8 heteroatoms. The number of pyridine rings is 2. The fourth-order valence-electron chi connectivity index (χ4n) is 3.90. The predicted molar refractivity (Wildman–Crippen MR) is 146 cm³/mol. The monoisotopic (exact) mass is 494 g/mol. The summed E-state index contributed by atoms with van der Waals surface area (Å²) in [5.74, 6) is 0.689. The Hall–Kier alpha value is -4.48. The highest BCUT2D eigenvalue weighted by Gasteiger charge is 2.14. The Morgan fingerprint density at radius 1 is 1.14 bits per heavy atom. The lowest BCUT2D eigenvalue weighted by atomic mass is 10.0. The van der Waals surface area contributed by atoms with Gasteiger partial charge in [-0.1, -0.05) is 6.07 Å². The number of hydrogen-bond acceptors (Lipinski definition) is 7. The third kappa shape index (κ3) is 6.81. The lowest BCUT2D eigenvalue weighted by Gasteiger charge is -2.15. The van der Waals surface area contributed by atoms with Crippen LogP contribution in [0.4, 0.5) is 17.1 Å². The van der Waals surface area contributed by atoms with E-state index in [1.807, 2.05) is 69.6 Å². The van der Waals surface area contributed by atoms with Crippen LogP contribution in [0, 0.1) is 18.3 Å². The molecule has 0 fully saturated rings. The number of nitrogens with zero attached hydrogens (tertiary/aromatic N) is 4. The van der Waals surface area contributed by atoms with Crippen molar-refractivity contribution in [3.05, 3.63) is 83.8 Å². The van der Waals surface area contributed by atoms with E-state index in [-0.39, 0.29) is 5.91 Å². The Balaban J connectivity index is 1.54. The van der Waals surface area contributed by atoms with Gasteiger partial charge in [0.1, 0.15) is 18.4 Å². The molecule has 4 aromatic rings. The largest absolute Gasteiger partial charge is 0.489 e. The van der Waals surface area contributed by atoms with Gasteiger partial charge in [-0.25, -0.2) is 0 Å². The average Bonchev–Trinajstić information content (AvgIpc) is 2.89. The Kier molecular flexibility index (Phi) is 8.29. The molecule has 4 rings (SSSR count). The second-order valence-electron chi connectivity index (χ2n) is 9.10. The third-order valence-corrected chi connectivity index (χ3v) is 5.87. The van der Waals surface area contributed by atoms with Gasteiger partial charge in [-0.2, -0.15) is 5.26 Å². The van der Waals surface area contributed by atoms with Crippen LogP contribution in [0.25, 0.3) is 10.9 Å². The minimum atomic E-state index is -0.0370. The molecule has 0 saturated carbocycles. The zero-order chi connectivity index (χ0) is 26.2. The lowest BCUT2D eigenvalue weighted by Crippen LogP contribution is -2.17. The molecular weight excluding hydrogens is 464 g/mol. The maximum Gasteiger partial charge on any atom is 0.224 e. The molecule has 37 heavy (non-hydrogen) atoms. The number of rotatable bonds is 10. The summed E-state index contributed by atoms with van der Waals surface area (Å²) in [5.41, 5.74) is 5.19. The topological polar surface area (TPSA) is 103 Å². The van der Waals surface area contributed by atoms with E-state index in [4.69, 9.17) is 4.74 Å². The van der Waals surface area contributed by atoms with Crippen LogP contribution >= 0.6 is 0 Å². The molecule has 188 valence electrons. The molecule has 0 unspecified atom stereocenters. The molecule has 1 amide bonds. The Bertz CT molecular complexity index is 1410. The average molecular weight is 495 g/mol. The number of benzene rings is 2. The van der Waals surface area contributed by atoms with Crippen LogP contribution in [0.15, 0.2) is 67.1 Å². The van der Waals surface area contributed by atoms with Crippen LogP contribution in [0.5, 0.6) is 5.75 Å². The molecule has 8 nitrogen and oxygen atoms in total. The quantitative estimate of drug-likeness (QED) is 0.304. The standard InChI is InChI=1S/C29H30N6O2/c1-20-14-27-25(15-26(20)34-28(36)7-5-13-35(2)3)29(22(16-30)18-32-27)33-23-8-10-24(11-9-23)37-19-21-6-4-12-31-17-21/h4,6,8-12,14-15,17-18H,5,7,13,19H2,1-3H3,(H,32,33)(H,34,36). The summed E-state index contributed by atoms with van der Waals surface area (Å²) < 4.78 is 5.85. The number of fused-ring (bicyclic) bond motifs is 1. The van der Waals surface area contributed by atoms with E-state index < -0.39 is 0 Å². The molecule has 0 aliphatic heterocycles. The number of nitrogens with one attached hydrogen (secondary N) is 2. The Labute approximate surface area is 216 Å². The van der Waals surface area contributed by atoms with Gasteiger partial charge in [0.05, 0.1) is 16.8 Å². The van der Waals surface area contributed by atoms with E-state index in [0.29, 0.717) is 30.0 Å². The number of anilines is 3. The fourth-order valence-corrected chi connectivity index (χ4v) is 3.90. The molecule has 0 bridgehead atoms. The van der Waals surface area contributed by atoms with Crippen LogP contribution in [-0.2, 0) is 11.4 Å². The van der Waals surface area contributed by atoms with Gasteiger partial charge in [0.25, 0.3) is 0 Å². The van der Waals surface area contributed by atoms with Gasteiger partial charge < -0.3 is 20.3 Å². The van der Waals surface area contributed by atoms with E-state index in [1.165, 1.54) is 0 Å². The minimum absolute atomic E-state index is 0.0370. The summed E-state index contributed by atoms with van der Waals surface area (Å²) in [6.45, 7) is 3.21. The number of carbonyl (C=O) groups is 1. The van der Waals surface area contributed by atoms with E-state index >= 15 is 0 Å². The molecule has 0 radical (unpaired) electrons. The first kappa shape index (κ1) is 25.6. The van der Waals surface area contributed by atoms with E-state index in [2.05, 4.69) is 31.6 Å². The second-order valence-corrected chi connectivity index (χ2v) is 9.10. The first-order valence-electron chi connectivity index (χ1n) is 12.1. The first-order chi connectivity index (χ1) is 17.9. The molecule has 2 aromatic carbocycles. The molecule has 0 aliphatic rings. The van der Waals surface area contributed by atoms with Crippen molar-refractivity contribution >= 4 is 33.9 Å². The van der Waals surface area contributed by atoms with Gasteiger partial charge >= 0.3 is 0 Å². The maximum absolute atomic E-state index is 12.5. The smallest absolute Gasteiger partial charge is 0.224 e. The molecule has 0 saturated heterocycles. The van der Waals surface area contributed by atoms with Crippen molar-refractivity contribution in [2.45, 2.75) is 26.4 Å². The SMILES string of the molecule is Cc1cc2ncc(C#N)c(Nc3ccc(OCc4cccnc4)cc3)c2cc1NC(=O)CCCN(C)C. The molecule has 2 heterocycles. The van der Waals surface area contributed by atoms with Gasteiger partial charge in [-0.15, -0.1) is 0 Å². The lowest BCUT2D eigenvalue weighted by molar-refractivity contribution is -0.116. The summed E-state index contributed by atoms with van der Waals surface area (Å²) in [5, 5.41) is 16.9. The summed E-state index contributed by atoms with van der Waals surface area (Å²) in [7, 11) is 3.98. The van der Waals surface area contributed by atoms with Crippen LogP contribution in [0.1, 0.15) is 29.5 Å². The number of amides is 1. The highest BCUT2D eigenvalue weighted by atomic mass is 16.5. The minimum Gasteiger partial charge on any atom is -0.489 e. The van der Waals surface area contributed by atoms with Crippen molar-refractivity contribution in [2.24, 2.45) is 0 Å². The zero-order valence-electron chi connectivity index (χ0n) is 21.3. The number of carbonyl (C=O) groups excluding carboxylic acids is 1. The second kappa shape index (κ2) is 12.0. The molecule has 2 aromatic heterocycles. The Morgan fingerprint density at radius 3 is 2.65 bits per heavy atom. The van der Waals surface area contributed by atoms with Gasteiger partial charge in [0.15, 0.2) is 0 Å². The number of hydrogen-bond donors (Lipinski definition) is 2. The molecule has 0 aliphatic carbocycles. The number of aromatic nitrogens is 2. The van der Waals surface area contributed by atoms with Crippen LogP contribution in [0.2, 0.25) is 0 Å². The third-order valence-electron chi connectivity index (χ3n) is 5.87. The first-order valence-corrected chi connectivity index (χ1v) is 12.1. The van der Waals surface area contributed by atoms with Crippen molar-refractivity contribution in [1.29, 1.82) is 5.26 Å². The van der Waals surface area contributed by atoms with E-state index in [0.717, 1.165) is 46.4 Å². The van der Waals surface area contributed by atoms with Crippen molar-refractivity contribution in [1.82, 2.24) is 14.9 Å². The van der Waals surface area contributed by atoms with Gasteiger partial charge in [0, 0.05) is 47.3 Å². The van der Waals surface area contributed by atoms with Crippen molar-refractivity contribution in [3.63, 3.8) is 0 Å². The summed E-state index contributed by atoms with van der Waals surface area (Å²) in [6.07, 6.45) is 6.28. The van der Waals surface area contributed by atoms with Crippen molar-refractivity contribution in [2.75, 3.05) is 31.3 Å². The Morgan fingerprint density at radius 2 is 1.95 bits per heavy atom. The summed E-state index contributed by atoms with van der Waals surface area (Å²) in [4.78, 5) is 23.2. The van der Waals surface area contributed by atoms with Crippen molar-refractivity contribution in [3.8, 4) is 11.8 Å². The van der Waals surface area contributed by atoms with Crippen LogP contribution in [-0.4, -0.2) is 41.4 Å². The molecular formula is C29H30N6O2. The number of aryl methyl sites for hydroxylation is 1. The molecule has 0 atom stereocenters. The number of nitriles is 1. The van der Waals surface area contributed by atoms with Gasteiger partial charge in [-0.05, 0) is 82.0 Å². The normalized spacial score (nSPS) is 10.8. The van der Waals surface area contributed by atoms with Crippen LogP contribution in [0.3, 0.4) is 0 Å². The van der Waals surface area contributed by atoms with E-state index in [1.54, 1.807) is 18.6 Å². The van der Waals surface area contributed by atoms with Gasteiger partial charge in [-0.3, -0.25) is 14.8 Å². The highest BCUT2D eigenvalue weighted by molar-refractivity contribution is 6.01. The molecule has 2 N–H and O–H groups in total. The summed E-state index contributed by atoms with van der Waals surface area (Å²) in [6, 6.07) is 17.4.